The van der Waals surface area contributed by atoms with Gasteiger partial charge in [-0.15, -0.1) is 0 Å². The number of carbonyl (C=O) groups is 2. The van der Waals surface area contributed by atoms with Gasteiger partial charge in [-0.05, 0) is 19.4 Å². The minimum absolute atomic E-state index is 0.0535. The third kappa shape index (κ3) is 4.65. The van der Waals surface area contributed by atoms with Gasteiger partial charge in [0.15, 0.2) is 0 Å². The zero-order valence-electron chi connectivity index (χ0n) is 9.80. The lowest BCUT2D eigenvalue weighted by Crippen LogP contribution is -2.43. The van der Waals surface area contributed by atoms with Crippen molar-refractivity contribution in [3.63, 3.8) is 0 Å². The lowest BCUT2D eigenvalue weighted by molar-refractivity contribution is -0.144. The Hall–Kier alpha value is -1.88. The summed E-state index contributed by atoms with van der Waals surface area (Å²) in [5.41, 5.74) is 5.04. The molecule has 0 unspecified atom stereocenters. The van der Waals surface area contributed by atoms with Crippen LogP contribution in [0.25, 0.3) is 0 Å². The summed E-state index contributed by atoms with van der Waals surface area (Å²) in [6.45, 7) is 2.94. The summed E-state index contributed by atoms with van der Waals surface area (Å²) < 4.78 is 9.17. The first-order chi connectivity index (χ1) is 7.89. The van der Waals surface area contributed by atoms with E-state index in [4.69, 9.17) is 10.5 Å². The van der Waals surface area contributed by atoms with Gasteiger partial charge in [-0.1, -0.05) is 30.3 Å². The number of nitrogens with two attached hydrogens (primary N) is 1. The highest BCUT2D eigenvalue weighted by molar-refractivity contribution is 5.87. The third-order valence-electron chi connectivity index (χ3n) is 1.90. The van der Waals surface area contributed by atoms with Crippen LogP contribution in [0.4, 0.5) is 4.79 Å². The third-order valence-corrected chi connectivity index (χ3v) is 1.90. The summed E-state index contributed by atoms with van der Waals surface area (Å²) in [5.74, 6) is -0.824. The van der Waals surface area contributed by atoms with Crippen molar-refractivity contribution in [2.75, 3.05) is 0 Å². The smallest absolute Gasteiger partial charge is 0.429 e. The van der Waals surface area contributed by atoms with Gasteiger partial charge in [0.1, 0.15) is 12.1 Å². The minimum Gasteiger partial charge on any atom is -0.429 e. The highest BCUT2D eigenvalue weighted by atomic mass is 16.7. The van der Waals surface area contributed by atoms with E-state index in [2.05, 4.69) is 4.74 Å². The van der Waals surface area contributed by atoms with E-state index in [1.807, 2.05) is 18.2 Å². The molecular weight excluding hydrogens is 222 g/mol. The molecule has 17 heavy (non-hydrogen) atoms. The molecule has 0 radical (unpaired) electrons. The lowest BCUT2D eigenvalue weighted by Gasteiger charge is -2.15. The fourth-order valence-electron chi connectivity index (χ4n) is 0.953. The number of rotatable bonds is 3. The van der Waals surface area contributed by atoms with Crippen LogP contribution in [-0.2, 0) is 20.9 Å². The number of benzene rings is 1. The van der Waals surface area contributed by atoms with Crippen molar-refractivity contribution in [2.45, 2.75) is 26.0 Å². The molecule has 5 nitrogen and oxygen atoms in total. The van der Waals surface area contributed by atoms with Crippen molar-refractivity contribution in [3.8, 4) is 0 Å². The van der Waals surface area contributed by atoms with E-state index < -0.39 is 17.7 Å². The standard InChI is InChI=1S/C12H15NO4/c1-12(2,13)10(14)17-11(15)16-8-9-6-4-3-5-7-9/h3-7H,8,13H2,1-2H3. The van der Waals surface area contributed by atoms with Gasteiger partial charge in [0, 0.05) is 0 Å². The van der Waals surface area contributed by atoms with E-state index in [0.717, 1.165) is 5.56 Å². The van der Waals surface area contributed by atoms with E-state index >= 15 is 0 Å². The largest absolute Gasteiger partial charge is 0.516 e. The normalized spacial score (nSPS) is 10.8. The Morgan fingerprint density at radius 3 is 2.35 bits per heavy atom. The second kappa shape index (κ2) is 5.45. The van der Waals surface area contributed by atoms with Crippen LogP contribution in [-0.4, -0.2) is 17.7 Å². The first-order valence-corrected chi connectivity index (χ1v) is 5.11. The molecule has 0 aromatic heterocycles. The van der Waals surface area contributed by atoms with E-state index in [0.29, 0.717) is 0 Å². The molecule has 0 aliphatic heterocycles. The maximum atomic E-state index is 11.2. The highest BCUT2D eigenvalue weighted by Gasteiger charge is 2.27. The first kappa shape index (κ1) is 13.2. The van der Waals surface area contributed by atoms with Gasteiger partial charge in [-0.25, -0.2) is 9.59 Å². The average molecular weight is 237 g/mol. The number of ether oxygens (including phenoxy) is 2. The van der Waals surface area contributed by atoms with Crippen molar-refractivity contribution in [2.24, 2.45) is 5.73 Å². The van der Waals surface area contributed by atoms with Crippen molar-refractivity contribution >= 4 is 12.1 Å². The topological polar surface area (TPSA) is 78.6 Å². The number of carbonyl (C=O) groups excluding carboxylic acids is 2. The molecule has 1 aromatic rings. The number of esters is 1. The molecule has 0 atom stereocenters. The summed E-state index contributed by atoms with van der Waals surface area (Å²) in [6.07, 6.45) is -1.04. The maximum absolute atomic E-state index is 11.2. The zero-order valence-corrected chi connectivity index (χ0v) is 9.80. The van der Waals surface area contributed by atoms with Crippen LogP contribution in [0.3, 0.4) is 0 Å². The van der Waals surface area contributed by atoms with Crippen LogP contribution in [0.1, 0.15) is 19.4 Å². The molecule has 1 rings (SSSR count). The molecule has 0 bridgehead atoms. The Bertz CT molecular complexity index is 395. The first-order valence-electron chi connectivity index (χ1n) is 5.11. The molecule has 5 heteroatoms. The Morgan fingerprint density at radius 1 is 1.24 bits per heavy atom. The van der Waals surface area contributed by atoms with Gasteiger partial charge in [0.05, 0.1) is 0 Å². The van der Waals surface area contributed by atoms with Crippen LogP contribution in [0.5, 0.6) is 0 Å². The van der Waals surface area contributed by atoms with Gasteiger partial charge in [-0.2, -0.15) is 0 Å². The van der Waals surface area contributed by atoms with E-state index in [1.54, 1.807) is 12.1 Å². The second-order valence-corrected chi connectivity index (χ2v) is 4.14. The molecule has 0 amide bonds. The summed E-state index contributed by atoms with van der Waals surface area (Å²) in [7, 11) is 0. The quantitative estimate of drug-likeness (QED) is 0.638. The number of hydrogen-bond donors (Lipinski definition) is 1. The van der Waals surface area contributed by atoms with E-state index in [-0.39, 0.29) is 6.61 Å². The number of hydrogen-bond acceptors (Lipinski definition) is 5. The van der Waals surface area contributed by atoms with Gasteiger partial charge in [0.2, 0.25) is 0 Å². The fourth-order valence-corrected chi connectivity index (χ4v) is 0.953. The predicted octanol–water partition coefficient (Wildman–Crippen LogP) is 1.60. The van der Waals surface area contributed by atoms with E-state index in [1.165, 1.54) is 13.8 Å². The zero-order chi connectivity index (χ0) is 12.9. The molecular formula is C12H15NO4. The lowest BCUT2D eigenvalue weighted by atomic mass is 10.1. The summed E-state index contributed by atoms with van der Waals surface area (Å²) in [5, 5.41) is 0. The summed E-state index contributed by atoms with van der Waals surface area (Å²) in [4.78, 5) is 22.4. The Kier molecular flexibility index (Phi) is 4.23. The van der Waals surface area contributed by atoms with Crippen molar-refractivity contribution in [3.05, 3.63) is 35.9 Å². The van der Waals surface area contributed by atoms with Crippen LogP contribution >= 0.6 is 0 Å². The Morgan fingerprint density at radius 2 is 1.82 bits per heavy atom. The van der Waals surface area contributed by atoms with Crippen LogP contribution < -0.4 is 5.73 Å². The van der Waals surface area contributed by atoms with Crippen LogP contribution in [0, 0.1) is 0 Å². The van der Waals surface area contributed by atoms with Crippen molar-refractivity contribution in [1.29, 1.82) is 0 Å². The van der Waals surface area contributed by atoms with Crippen LogP contribution in [0.15, 0.2) is 30.3 Å². The Balaban J connectivity index is 2.39. The molecule has 0 aliphatic rings. The highest BCUT2D eigenvalue weighted by Crippen LogP contribution is 2.04. The van der Waals surface area contributed by atoms with Crippen molar-refractivity contribution < 1.29 is 19.1 Å². The molecule has 1 aromatic carbocycles. The Labute approximate surface area is 99.5 Å². The van der Waals surface area contributed by atoms with Gasteiger partial charge in [-0.3, -0.25) is 0 Å². The van der Waals surface area contributed by atoms with Gasteiger partial charge >= 0.3 is 12.1 Å². The SMILES string of the molecule is CC(C)(N)C(=O)OC(=O)OCc1ccccc1. The van der Waals surface area contributed by atoms with Crippen molar-refractivity contribution in [1.82, 2.24) is 0 Å². The fraction of sp³-hybridized carbons (Fsp3) is 0.333. The summed E-state index contributed by atoms with van der Waals surface area (Å²) >= 11 is 0. The van der Waals surface area contributed by atoms with E-state index in [9.17, 15) is 9.59 Å². The average Bonchev–Trinajstić information content (AvgIpc) is 2.26. The van der Waals surface area contributed by atoms with Gasteiger partial charge in [0.25, 0.3) is 0 Å². The molecule has 0 saturated heterocycles. The maximum Gasteiger partial charge on any atom is 0.516 e. The predicted molar refractivity (Wildman–Crippen MR) is 61.0 cm³/mol. The molecule has 0 heterocycles. The van der Waals surface area contributed by atoms with Gasteiger partial charge < -0.3 is 15.2 Å². The monoisotopic (exact) mass is 237 g/mol. The van der Waals surface area contributed by atoms with Crippen LogP contribution in [0.2, 0.25) is 0 Å². The summed E-state index contributed by atoms with van der Waals surface area (Å²) in [6, 6.07) is 9.07. The molecule has 0 fully saturated rings. The molecule has 0 aliphatic carbocycles. The molecule has 0 spiro atoms. The molecule has 2 N–H and O–H groups in total. The molecule has 92 valence electrons. The molecule has 0 saturated carbocycles. The minimum atomic E-state index is -1.22. The second-order valence-electron chi connectivity index (χ2n) is 4.14.